The van der Waals surface area contributed by atoms with E-state index in [1.54, 1.807) is 0 Å². The van der Waals surface area contributed by atoms with E-state index in [4.69, 9.17) is 9.47 Å². The third kappa shape index (κ3) is 5.94. The lowest BCUT2D eigenvalue weighted by molar-refractivity contribution is 0.0104. The van der Waals surface area contributed by atoms with Crippen molar-refractivity contribution in [2.45, 2.75) is 45.1 Å². The van der Waals surface area contributed by atoms with Crippen molar-refractivity contribution in [3.8, 4) is 0 Å². The largest absolute Gasteiger partial charge is 0.444 e. The number of ether oxygens (including phenoxy) is 2. The van der Waals surface area contributed by atoms with Gasteiger partial charge in [-0.2, -0.15) is 0 Å². The Kier molecular flexibility index (Phi) is 6.77. The molecule has 2 atom stereocenters. The molecule has 2 fully saturated rings. The number of nitrogens with zero attached hydrogens (tertiary/aromatic N) is 2. The summed E-state index contributed by atoms with van der Waals surface area (Å²) in [5.74, 6) is 0.961. The Morgan fingerprint density at radius 2 is 1.85 bits per heavy atom. The molecule has 1 aromatic rings. The first-order valence-corrected chi connectivity index (χ1v) is 10.3. The summed E-state index contributed by atoms with van der Waals surface area (Å²) in [5, 5.41) is 0. The fourth-order valence-electron chi connectivity index (χ4n) is 4.13. The van der Waals surface area contributed by atoms with Gasteiger partial charge in [0.05, 0.1) is 13.2 Å². The Morgan fingerprint density at radius 3 is 2.52 bits per heavy atom. The van der Waals surface area contributed by atoms with Crippen molar-refractivity contribution in [3.63, 3.8) is 0 Å². The molecule has 0 aliphatic carbocycles. The SMILES string of the molecule is CC(C)(C)OC(=O)N1CCC(c2ccccc2)C(CCN2CCOCC2)C1. The molecule has 1 amide bonds. The highest BCUT2D eigenvalue weighted by Crippen LogP contribution is 2.35. The van der Waals surface area contributed by atoms with Crippen LogP contribution in [0, 0.1) is 5.92 Å². The third-order valence-electron chi connectivity index (χ3n) is 5.53. The molecule has 150 valence electrons. The Morgan fingerprint density at radius 1 is 1.15 bits per heavy atom. The first kappa shape index (κ1) is 20.2. The van der Waals surface area contributed by atoms with Crippen molar-refractivity contribution in [1.82, 2.24) is 9.80 Å². The predicted octanol–water partition coefficient (Wildman–Crippen LogP) is 3.75. The van der Waals surface area contributed by atoms with E-state index >= 15 is 0 Å². The van der Waals surface area contributed by atoms with Gasteiger partial charge in [-0.25, -0.2) is 4.79 Å². The van der Waals surface area contributed by atoms with Crippen LogP contribution in [0.2, 0.25) is 0 Å². The van der Waals surface area contributed by atoms with Gasteiger partial charge in [-0.1, -0.05) is 30.3 Å². The van der Waals surface area contributed by atoms with Crippen LogP contribution in [0.25, 0.3) is 0 Å². The number of hydrogen-bond acceptors (Lipinski definition) is 4. The quantitative estimate of drug-likeness (QED) is 0.805. The summed E-state index contributed by atoms with van der Waals surface area (Å²) in [6, 6.07) is 10.8. The minimum atomic E-state index is -0.448. The van der Waals surface area contributed by atoms with Gasteiger partial charge in [0.15, 0.2) is 0 Å². The first-order chi connectivity index (χ1) is 12.9. The van der Waals surface area contributed by atoms with Gasteiger partial charge in [0.25, 0.3) is 0 Å². The molecule has 0 radical (unpaired) electrons. The average Bonchev–Trinajstić information content (AvgIpc) is 2.66. The van der Waals surface area contributed by atoms with Crippen LogP contribution in [0.5, 0.6) is 0 Å². The summed E-state index contributed by atoms with van der Waals surface area (Å²) >= 11 is 0. The van der Waals surface area contributed by atoms with Gasteiger partial charge in [-0.05, 0) is 57.6 Å². The molecule has 27 heavy (non-hydrogen) atoms. The summed E-state index contributed by atoms with van der Waals surface area (Å²) in [7, 11) is 0. The van der Waals surface area contributed by atoms with Gasteiger partial charge in [0, 0.05) is 26.2 Å². The molecule has 0 spiro atoms. The highest BCUT2D eigenvalue weighted by Gasteiger charge is 2.34. The Labute approximate surface area is 163 Å². The molecule has 0 saturated carbocycles. The lowest BCUT2D eigenvalue weighted by Crippen LogP contribution is -2.46. The summed E-state index contributed by atoms with van der Waals surface area (Å²) in [6.45, 7) is 12.1. The lowest BCUT2D eigenvalue weighted by atomic mass is 9.78. The van der Waals surface area contributed by atoms with Crippen molar-refractivity contribution >= 4 is 6.09 Å². The second-order valence-corrected chi connectivity index (χ2v) is 8.73. The van der Waals surface area contributed by atoms with E-state index in [9.17, 15) is 4.79 Å². The molecule has 2 saturated heterocycles. The molecule has 2 unspecified atom stereocenters. The van der Waals surface area contributed by atoms with Crippen LogP contribution in [0.4, 0.5) is 4.79 Å². The van der Waals surface area contributed by atoms with Gasteiger partial charge >= 0.3 is 6.09 Å². The zero-order valence-electron chi connectivity index (χ0n) is 17.0. The molecular weight excluding hydrogens is 340 g/mol. The standard InChI is InChI=1S/C22H34N2O3/c1-22(2,3)27-21(25)24-12-10-20(18-7-5-4-6-8-18)19(17-24)9-11-23-13-15-26-16-14-23/h4-8,19-20H,9-17H2,1-3H3. The minimum Gasteiger partial charge on any atom is -0.444 e. The van der Waals surface area contributed by atoms with E-state index in [0.29, 0.717) is 11.8 Å². The van der Waals surface area contributed by atoms with Gasteiger partial charge in [0.1, 0.15) is 5.60 Å². The highest BCUT2D eigenvalue weighted by atomic mass is 16.6. The molecule has 3 rings (SSSR count). The van der Waals surface area contributed by atoms with Crippen LogP contribution in [0.15, 0.2) is 30.3 Å². The highest BCUT2D eigenvalue weighted by molar-refractivity contribution is 5.68. The topological polar surface area (TPSA) is 42.0 Å². The van der Waals surface area contributed by atoms with Crippen molar-refractivity contribution < 1.29 is 14.3 Å². The number of likely N-dealkylation sites (tertiary alicyclic amines) is 1. The van der Waals surface area contributed by atoms with Gasteiger partial charge in [-0.15, -0.1) is 0 Å². The zero-order valence-corrected chi connectivity index (χ0v) is 17.0. The molecule has 0 bridgehead atoms. The maximum absolute atomic E-state index is 12.6. The van der Waals surface area contributed by atoms with E-state index in [1.807, 2.05) is 25.7 Å². The van der Waals surface area contributed by atoms with Crippen molar-refractivity contribution in [2.75, 3.05) is 45.9 Å². The van der Waals surface area contributed by atoms with Crippen LogP contribution in [0.3, 0.4) is 0 Å². The molecule has 2 heterocycles. The van der Waals surface area contributed by atoms with Gasteiger partial charge in [0.2, 0.25) is 0 Å². The number of carbonyl (C=O) groups excluding carboxylic acids is 1. The van der Waals surface area contributed by atoms with E-state index in [2.05, 4.69) is 35.2 Å². The molecule has 0 aromatic heterocycles. The van der Waals surface area contributed by atoms with Crippen molar-refractivity contribution in [2.24, 2.45) is 5.92 Å². The maximum Gasteiger partial charge on any atom is 0.410 e. The van der Waals surface area contributed by atoms with E-state index in [1.165, 1.54) is 5.56 Å². The fraction of sp³-hybridized carbons (Fsp3) is 0.682. The molecule has 5 nitrogen and oxygen atoms in total. The summed E-state index contributed by atoms with van der Waals surface area (Å²) in [5.41, 5.74) is 0.949. The fourth-order valence-corrected chi connectivity index (χ4v) is 4.13. The smallest absolute Gasteiger partial charge is 0.410 e. The molecule has 5 heteroatoms. The summed E-state index contributed by atoms with van der Waals surface area (Å²) < 4.78 is 11.1. The number of morpholine rings is 1. The maximum atomic E-state index is 12.6. The van der Waals surface area contributed by atoms with Crippen LogP contribution in [-0.2, 0) is 9.47 Å². The predicted molar refractivity (Wildman–Crippen MR) is 107 cm³/mol. The number of amides is 1. The molecule has 1 aromatic carbocycles. The number of hydrogen-bond donors (Lipinski definition) is 0. The number of benzene rings is 1. The first-order valence-electron chi connectivity index (χ1n) is 10.3. The Hall–Kier alpha value is -1.59. The number of carbonyl (C=O) groups is 1. The second-order valence-electron chi connectivity index (χ2n) is 8.73. The summed E-state index contributed by atoms with van der Waals surface area (Å²) in [4.78, 5) is 17.0. The van der Waals surface area contributed by atoms with Gasteiger partial charge in [-0.3, -0.25) is 4.90 Å². The number of piperidine rings is 1. The van der Waals surface area contributed by atoms with Crippen LogP contribution < -0.4 is 0 Å². The monoisotopic (exact) mass is 374 g/mol. The minimum absolute atomic E-state index is 0.176. The molecular formula is C22H34N2O3. The Bertz CT molecular complexity index is 593. The summed E-state index contributed by atoms with van der Waals surface area (Å²) in [6.07, 6.45) is 1.92. The van der Waals surface area contributed by atoms with E-state index in [0.717, 1.165) is 58.8 Å². The third-order valence-corrected chi connectivity index (χ3v) is 5.53. The molecule has 2 aliphatic heterocycles. The van der Waals surface area contributed by atoms with Crippen LogP contribution in [0.1, 0.15) is 45.1 Å². The van der Waals surface area contributed by atoms with Crippen LogP contribution in [-0.4, -0.2) is 67.4 Å². The normalized spacial score (nSPS) is 24.6. The molecule has 2 aliphatic rings. The second kappa shape index (κ2) is 9.07. The van der Waals surface area contributed by atoms with Crippen molar-refractivity contribution in [3.05, 3.63) is 35.9 Å². The lowest BCUT2D eigenvalue weighted by Gasteiger charge is -2.40. The zero-order chi connectivity index (χ0) is 19.3. The molecule has 0 N–H and O–H groups in total. The number of rotatable bonds is 4. The van der Waals surface area contributed by atoms with E-state index in [-0.39, 0.29) is 6.09 Å². The average molecular weight is 375 g/mol. The Balaban J connectivity index is 1.66. The van der Waals surface area contributed by atoms with Crippen LogP contribution >= 0.6 is 0 Å². The van der Waals surface area contributed by atoms with Gasteiger partial charge < -0.3 is 14.4 Å². The van der Waals surface area contributed by atoms with E-state index < -0.39 is 5.60 Å². The van der Waals surface area contributed by atoms with Crippen molar-refractivity contribution in [1.29, 1.82) is 0 Å².